The molecule has 0 unspecified atom stereocenters. The first-order chi connectivity index (χ1) is 14.5. The van der Waals surface area contributed by atoms with E-state index in [1.807, 2.05) is 31.2 Å². The molecule has 7 nitrogen and oxygen atoms in total. The summed E-state index contributed by atoms with van der Waals surface area (Å²) in [6, 6.07) is 5.94. The van der Waals surface area contributed by atoms with Gasteiger partial charge in [-0.25, -0.2) is 0 Å². The molecule has 1 spiro atoms. The van der Waals surface area contributed by atoms with Gasteiger partial charge in [-0.1, -0.05) is 24.3 Å². The summed E-state index contributed by atoms with van der Waals surface area (Å²) in [5, 5.41) is 3.13. The summed E-state index contributed by atoms with van der Waals surface area (Å²) in [6.07, 6.45) is 5.57. The normalized spacial score (nSPS) is 32.0. The van der Waals surface area contributed by atoms with E-state index in [0.29, 0.717) is 19.7 Å². The van der Waals surface area contributed by atoms with Gasteiger partial charge in [-0.2, -0.15) is 0 Å². The van der Waals surface area contributed by atoms with Crippen molar-refractivity contribution in [2.24, 2.45) is 11.8 Å². The van der Waals surface area contributed by atoms with Crippen molar-refractivity contribution in [3.05, 3.63) is 41.5 Å². The summed E-state index contributed by atoms with van der Waals surface area (Å²) >= 11 is 0. The highest BCUT2D eigenvalue weighted by Gasteiger charge is 2.66. The van der Waals surface area contributed by atoms with Crippen LogP contribution in [0.2, 0.25) is 0 Å². The SMILES string of the molecule is COCCN1C[C@@]23C=C[C@@H](O2)[C@H](C(=O)N[C@@H](C)c2ccc4c(c2)CCCO4)[C@@H]3C1=O. The molecule has 1 aromatic rings. The minimum atomic E-state index is -0.677. The van der Waals surface area contributed by atoms with Gasteiger partial charge in [0.2, 0.25) is 11.8 Å². The van der Waals surface area contributed by atoms with Crippen LogP contribution in [0.4, 0.5) is 0 Å². The van der Waals surface area contributed by atoms with Gasteiger partial charge < -0.3 is 24.4 Å². The molecule has 0 aromatic heterocycles. The summed E-state index contributed by atoms with van der Waals surface area (Å²) in [5.74, 6) is -0.172. The lowest BCUT2D eigenvalue weighted by atomic mass is 9.76. The van der Waals surface area contributed by atoms with Crippen LogP contribution < -0.4 is 10.1 Å². The summed E-state index contributed by atoms with van der Waals surface area (Å²) in [4.78, 5) is 28.1. The van der Waals surface area contributed by atoms with Crippen LogP contribution in [0.1, 0.15) is 30.5 Å². The van der Waals surface area contributed by atoms with Gasteiger partial charge in [0.15, 0.2) is 0 Å². The maximum Gasteiger partial charge on any atom is 0.230 e. The molecule has 2 fully saturated rings. The molecular formula is C23H28N2O5. The number of nitrogens with one attached hydrogen (secondary N) is 1. The largest absolute Gasteiger partial charge is 0.493 e. The molecule has 2 bridgehead atoms. The Morgan fingerprint density at radius 2 is 2.30 bits per heavy atom. The molecule has 1 N–H and O–H groups in total. The summed E-state index contributed by atoms with van der Waals surface area (Å²) in [6.45, 7) is 4.20. The van der Waals surface area contributed by atoms with Crippen LogP contribution >= 0.6 is 0 Å². The Balaban J connectivity index is 1.32. The number of carbonyl (C=O) groups is 2. The second-order valence-electron chi connectivity index (χ2n) is 8.70. The molecule has 2 saturated heterocycles. The number of methoxy groups -OCH3 is 1. The second kappa shape index (κ2) is 7.39. The number of benzene rings is 1. The Morgan fingerprint density at radius 1 is 1.43 bits per heavy atom. The van der Waals surface area contributed by atoms with Gasteiger partial charge in [0, 0.05) is 13.7 Å². The molecule has 4 aliphatic heterocycles. The predicted octanol–water partition coefficient (Wildman–Crippen LogP) is 1.62. The van der Waals surface area contributed by atoms with Crippen molar-refractivity contribution >= 4 is 11.8 Å². The van der Waals surface area contributed by atoms with Crippen molar-refractivity contribution < 1.29 is 23.8 Å². The van der Waals surface area contributed by atoms with E-state index < -0.39 is 17.4 Å². The fourth-order valence-corrected chi connectivity index (χ4v) is 5.31. The summed E-state index contributed by atoms with van der Waals surface area (Å²) in [7, 11) is 1.62. The lowest BCUT2D eigenvalue weighted by Crippen LogP contribution is -2.44. The smallest absolute Gasteiger partial charge is 0.230 e. The standard InChI is InChI=1S/C23H28N2O5/c1-14(15-5-6-17-16(12-15)4-3-10-29-17)24-21(26)19-18-7-8-23(30-18)13-25(9-11-28-2)22(27)20(19)23/h5-8,12,14,18-20H,3-4,9-11,13H2,1-2H3,(H,24,26)/t14-,18+,19-,20+,23+/m0/s1. The van der Waals surface area contributed by atoms with Crippen LogP contribution in [0.15, 0.2) is 30.4 Å². The number of nitrogens with zero attached hydrogens (tertiary/aromatic N) is 1. The number of rotatable bonds is 6. The monoisotopic (exact) mass is 412 g/mol. The zero-order valence-electron chi connectivity index (χ0n) is 17.4. The molecule has 0 radical (unpaired) electrons. The van der Waals surface area contributed by atoms with E-state index in [9.17, 15) is 9.59 Å². The Labute approximate surface area is 176 Å². The lowest BCUT2D eigenvalue weighted by molar-refractivity contribution is -0.138. The Kier molecular flexibility index (Phi) is 4.82. The number of ether oxygens (including phenoxy) is 3. The van der Waals surface area contributed by atoms with Gasteiger partial charge in [-0.15, -0.1) is 0 Å². The number of fused-ring (bicyclic) bond motifs is 2. The molecule has 0 saturated carbocycles. The van der Waals surface area contributed by atoms with E-state index in [1.54, 1.807) is 12.0 Å². The number of carbonyl (C=O) groups excluding carboxylic acids is 2. The first-order valence-electron chi connectivity index (χ1n) is 10.7. The van der Waals surface area contributed by atoms with E-state index >= 15 is 0 Å². The van der Waals surface area contributed by atoms with Gasteiger partial charge >= 0.3 is 0 Å². The van der Waals surface area contributed by atoms with E-state index in [2.05, 4.69) is 11.4 Å². The van der Waals surface area contributed by atoms with Gasteiger partial charge in [0.05, 0.1) is 43.7 Å². The van der Waals surface area contributed by atoms with Crippen molar-refractivity contribution in [2.45, 2.75) is 37.5 Å². The van der Waals surface area contributed by atoms with Gasteiger partial charge in [-0.3, -0.25) is 9.59 Å². The number of aryl methyl sites for hydroxylation is 1. The number of hydrogen-bond donors (Lipinski definition) is 1. The highest BCUT2D eigenvalue weighted by atomic mass is 16.5. The zero-order valence-corrected chi connectivity index (χ0v) is 17.4. The Hall–Kier alpha value is -2.38. The van der Waals surface area contributed by atoms with Crippen molar-refractivity contribution in [2.75, 3.05) is 33.4 Å². The maximum atomic E-state index is 13.3. The Morgan fingerprint density at radius 3 is 3.13 bits per heavy atom. The molecular weight excluding hydrogens is 384 g/mol. The van der Waals surface area contributed by atoms with Crippen LogP contribution in [0.25, 0.3) is 0 Å². The zero-order chi connectivity index (χ0) is 20.9. The van der Waals surface area contributed by atoms with E-state index in [0.717, 1.165) is 30.8 Å². The number of likely N-dealkylation sites (tertiary alicyclic amines) is 1. The van der Waals surface area contributed by atoms with E-state index in [1.165, 1.54) is 5.56 Å². The predicted molar refractivity (Wildman–Crippen MR) is 109 cm³/mol. The van der Waals surface area contributed by atoms with Crippen molar-refractivity contribution in [3.63, 3.8) is 0 Å². The van der Waals surface area contributed by atoms with E-state index in [4.69, 9.17) is 14.2 Å². The molecule has 4 aliphatic rings. The molecule has 2 amide bonds. The van der Waals surface area contributed by atoms with E-state index in [-0.39, 0.29) is 24.0 Å². The molecule has 1 aromatic carbocycles. The molecule has 5 atom stereocenters. The number of hydrogen-bond acceptors (Lipinski definition) is 5. The maximum absolute atomic E-state index is 13.3. The fraction of sp³-hybridized carbons (Fsp3) is 0.565. The molecule has 7 heteroatoms. The van der Waals surface area contributed by atoms with Crippen molar-refractivity contribution in [3.8, 4) is 5.75 Å². The van der Waals surface area contributed by atoms with Crippen LogP contribution in [0, 0.1) is 11.8 Å². The van der Waals surface area contributed by atoms with Crippen LogP contribution in [-0.4, -0.2) is 61.8 Å². The Bertz CT molecular complexity index is 900. The molecule has 5 rings (SSSR count). The van der Waals surface area contributed by atoms with Crippen molar-refractivity contribution in [1.29, 1.82) is 0 Å². The first-order valence-corrected chi connectivity index (χ1v) is 10.7. The third-order valence-electron chi connectivity index (χ3n) is 6.84. The minimum Gasteiger partial charge on any atom is -0.493 e. The first kappa shape index (κ1) is 19.6. The number of amides is 2. The summed E-state index contributed by atoms with van der Waals surface area (Å²) < 4.78 is 17.0. The quantitative estimate of drug-likeness (QED) is 0.719. The van der Waals surface area contributed by atoms with Gasteiger partial charge in [0.25, 0.3) is 0 Å². The van der Waals surface area contributed by atoms with Crippen LogP contribution in [0.5, 0.6) is 5.75 Å². The fourth-order valence-electron chi connectivity index (χ4n) is 5.31. The van der Waals surface area contributed by atoms with Crippen LogP contribution in [0.3, 0.4) is 0 Å². The highest BCUT2D eigenvalue weighted by Crippen LogP contribution is 2.51. The molecule has 4 heterocycles. The third-order valence-corrected chi connectivity index (χ3v) is 6.84. The average Bonchev–Trinajstić information content (AvgIpc) is 3.40. The average molecular weight is 412 g/mol. The van der Waals surface area contributed by atoms with Gasteiger partial charge in [0.1, 0.15) is 11.4 Å². The summed E-state index contributed by atoms with van der Waals surface area (Å²) in [5.41, 5.74) is 1.55. The highest BCUT2D eigenvalue weighted by molar-refractivity contribution is 5.93. The minimum absolute atomic E-state index is 0.0161. The van der Waals surface area contributed by atoms with Crippen molar-refractivity contribution in [1.82, 2.24) is 10.2 Å². The molecule has 160 valence electrons. The second-order valence-corrected chi connectivity index (χ2v) is 8.70. The van der Waals surface area contributed by atoms with Crippen LogP contribution in [-0.2, 0) is 25.5 Å². The van der Waals surface area contributed by atoms with Gasteiger partial charge in [-0.05, 0) is 37.0 Å². The molecule has 30 heavy (non-hydrogen) atoms. The third kappa shape index (κ3) is 3.03. The topological polar surface area (TPSA) is 77.1 Å². The molecule has 0 aliphatic carbocycles. The lowest BCUT2D eigenvalue weighted by Gasteiger charge is -2.26.